The van der Waals surface area contributed by atoms with Crippen LogP contribution < -0.4 is 5.32 Å². The molecule has 1 aliphatic carbocycles. The fourth-order valence-corrected chi connectivity index (χ4v) is 3.42. The summed E-state index contributed by atoms with van der Waals surface area (Å²) >= 11 is 6.10. The summed E-state index contributed by atoms with van der Waals surface area (Å²) in [6.07, 6.45) is 5.74. The van der Waals surface area contributed by atoms with Gasteiger partial charge in [-0.15, -0.1) is 0 Å². The van der Waals surface area contributed by atoms with Crippen molar-refractivity contribution in [3.8, 4) is 11.3 Å². The molecule has 26 heavy (non-hydrogen) atoms. The summed E-state index contributed by atoms with van der Waals surface area (Å²) in [5.74, 6) is 0.411. The zero-order chi connectivity index (χ0) is 18.7. The molecule has 0 aromatic carbocycles. The van der Waals surface area contributed by atoms with E-state index in [1.165, 1.54) is 0 Å². The fraction of sp³-hybridized carbons (Fsp3) is 0.526. The summed E-state index contributed by atoms with van der Waals surface area (Å²) < 4.78 is 0. The minimum absolute atomic E-state index is 0.266. The molecule has 0 aliphatic heterocycles. The minimum Gasteiger partial charge on any atom is -0.396 e. The first-order chi connectivity index (χ1) is 12.4. The maximum Gasteiger partial charge on any atom is 0.131 e. The monoisotopic (exact) mass is 376 g/mol. The first-order valence-electron chi connectivity index (χ1n) is 8.96. The van der Waals surface area contributed by atoms with Crippen LogP contribution in [-0.2, 0) is 5.60 Å². The van der Waals surface area contributed by atoms with E-state index in [0.29, 0.717) is 28.5 Å². The van der Waals surface area contributed by atoms with E-state index in [1.54, 1.807) is 32.2 Å². The maximum atomic E-state index is 10.0. The van der Waals surface area contributed by atoms with Crippen molar-refractivity contribution in [2.75, 3.05) is 11.9 Å². The summed E-state index contributed by atoms with van der Waals surface area (Å²) in [6, 6.07) is 5.74. The molecule has 0 radical (unpaired) electrons. The highest BCUT2D eigenvalue weighted by Gasteiger charge is 2.22. The van der Waals surface area contributed by atoms with Crippen LogP contribution in [0.3, 0.4) is 0 Å². The lowest BCUT2D eigenvalue weighted by Crippen LogP contribution is -2.27. The Hall–Kier alpha value is -1.76. The molecule has 0 unspecified atom stereocenters. The number of aromatic nitrogens is 3. The molecular weight excluding hydrogens is 352 g/mol. The highest BCUT2D eigenvalue weighted by molar-refractivity contribution is 6.29. The molecule has 2 heterocycles. The van der Waals surface area contributed by atoms with Gasteiger partial charge in [-0.3, -0.25) is 0 Å². The molecule has 0 spiro atoms. The second kappa shape index (κ2) is 7.86. The number of rotatable bonds is 5. The Morgan fingerprint density at radius 3 is 2.50 bits per heavy atom. The zero-order valence-corrected chi connectivity index (χ0v) is 15.9. The number of hydrogen-bond acceptors (Lipinski definition) is 6. The molecule has 1 aliphatic rings. The topological polar surface area (TPSA) is 91.2 Å². The predicted octanol–water partition coefficient (Wildman–Crippen LogP) is 3.38. The van der Waals surface area contributed by atoms with Crippen LogP contribution in [0.15, 0.2) is 24.4 Å². The molecule has 2 aromatic rings. The van der Waals surface area contributed by atoms with Gasteiger partial charge in [-0.25, -0.2) is 4.98 Å². The van der Waals surface area contributed by atoms with Gasteiger partial charge in [0.15, 0.2) is 0 Å². The highest BCUT2D eigenvalue weighted by Crippen LogP contribution is 2.32. The van der Waals surface area contributed by atoms with Gasteiger partial charge in [-0.05, 0) is 63.6 Å². The third kappa shape index (κ3) is 4.50. The lowest BCUT2D eigenvalue weighted by atomic mass is 9.86. The fourth-order valence-electron chi connectivity index (χ4n) is 3.26. The molecule has 1 saturated carbocycles. The molecule has 140 valence electrons. The van der Waals surface area contributed by atoms with Crippen molar-refractivity contribution < 1.29 is 10.2 Å². The Morgan fingerprint density at radius 1 is 1.19 bits per heavy atom. The van der Waals surface area contributed by atoms with Crippen LogP contribution in [0.4, 0.5) is 5.69 Å². The number of nitrogens with one attached hydrogen (secondary N) is 1. The smallest absolute Gasteiger partial charge is 0.131 e. The lowest BCUT2D eigenvalue weighted by molar-refractivity contribution is 0.0729. The van der Waals surface area contributed by atoms with Crippen LogP contribution in [-0.4, -0.2) is 38.0 Å². The van der Waals surface area contributed by atoms with Gasteiger partial charge in [0.25, 0.3) is 0 Å². The molecular formula is C19H25ClN4O2. The maximum absolute atomic E-state index is 10.0. The van der Waals surface area contributed by atoms with Crippen molar-refractivity contribution >= 4 is 17.3 Å². The van der Waals surface area contributed by atoms with Crippen molar-refractivity contribution in [1.82, 2.24) is 15.2 Å². The number of anilines is 1. The molecule has 2 aromatic heterocycles. The van der Waals surface area contributed by atoms with E-state index in [4.69, 9.17) is 11.6 Å². The van der Waals surface area contributed by atoms with Crippen LogP contribution in [0.2, 0.25) is 5.15 Å². The second-order valence-electron chi connectivity index (χ2n) is 7.46. The summed E-state index contributed by atoms with van der Waals surface area (Å²) in [7, 11) is 0. The minimum atomic E-state index is -1.03. The van der Waals surface area contributed by atoms with Gasteiger partial charge in [0.05, 0.1) is 11.4 Å². The number of pyridine rings is 1. The molecule has 6 nitrogen and oxygen atoms in total. The number of hydrogen-bond donors (Lipinski definition) is 3. The predicted molar refractivity (Wildman–Crippen MR) is 102 cm³/mol. The Balaban J connectivity index is 1.82. The summed E-state index contributed by atoms with van der Waals surface area (Å²) in [5.41, 5.74) is 1.86. The molecule has 0 saturated heterocycles. The second-order valence-corrected chi connectivity index (χ2v) is 7.85. The van der Waals surface area contributed by atoms with Gasteiger partial charge < -0.3 is 15.5 Å². The van der Waals surface area contributed by atoms with Crippen LogP contribution in [0.1, 0.15) is 45.2 Å². The number of aliphatic hydroxyl groups excluding tert-OH is 1. The molecule has 3 rings (SSSR count). The summed E-state index contributed by atoms with van der Waals surface area (Å²) in [6.45, 7) is 3.62. The highest BCUT2D eigenvalue weighted by atomic mass is 35.5. The van der Waals surface area contributed by atoms with Gasteiger partial charge in [0.1, 0.15) is 10.8 Å². The van der Waals surface area contributed by atoms with Crippen molar-refractivity contribution in [2.24, 2.45) is 5.92 Å². The largest absolute Gasteiger partial charge is 0.396 e. The molecule has 0 amide bonds. The number of halogens is 1. The van der Waals surface area contributed by atoms with Gasteiger partial charge >= 0.3 is 0 Å². The molecule has 1 fully saturated rings. The SMILES string of the molecule is CC(C)(O)c1ccc(-c2cnc(Cl)cc2NC2CCC(CO)CC2)nn1. The third-order valence-corrected chi connectivity index (χ3v) is 5.11. The van der Waals surface area contributed by atoms with E-state index in [-0.39, 0.29) is 6.61 Å². The van der Waals surface area contributed by atoms with Crippen molar-refractivity contribution in [3.63, 3.8) is 0 Å². The molecule has 3 N–H and O–H groups in total. The molecule has 0 atom stereocenters. The normalized spacial score (nSPS) is 20.8. The average molecular weight is 377 g/mol. The summed E-state index contributed by atoms with van der Waals surface area (Å²) in [4.78, 5) is 4.18. The van der Waals surface area contributed by atoms with E-state index < -0.39 is 5.60 Å². The van der Waals surface area contributed by atoms with E-state index >= 15 is 0 Å². The van der Waals surface area contributed by atoms with Gasteiger partial charge in [0, 0.05) is 30.1 Å². The van der Waals surface area contributed by atoms with Crippen molar-refractivity contribution in [1.29, 1.82) is 0 Å². The Labute approximate surface area is 158 Å². The third-order valence-electron chi connectivity index (χ3n) is 4.90. The van der Waals surface area contributed by atoms with E-state index in [9.17, 15) is 10.2 Å². The van der Waals surface area contributed by atoms with Gasteiger partial charge in [0.2, 0.25) is 0 Å². The zero-order valence-electron chi connectivity index (χ0n) is 15.1. The van der Waals surface area contributed by atoms with Crippen LogP contribution in [0, 0.1) is 5.92 Å². The number of aliphatic hydroxyl groups is 2. The van der Waals surface area contributed by atoms with Crippen LogP contribution in [0.25, 0.3) is 11.3 Å². The van der Waals surface area contributed by atoms with E-state index in [0.717, 1.165) is 36.9 Å². The number of nitrogens with zero attached hydrogens (tertiary/aromatic N) is 3. The Morgan fingerprint density at radius 2 is 1.92 bits per heavy atom. The first-order valence-corrected chi connectivity index (χ1v) is 9.34. The summed E-state index contributed by atoms with van der Waals surface area (Å²) in [5, 5.41) is 31.7. The average Bonchev–Trinajstić information content (AvgIpc) is 2.62. The van der Waals surface area contributed by atoms with Gasteiger partial charge in [-0.2, -0.15) is 10.2 Å². The van der Waals surface area contributed by atoms with Crippen LogP contribution in [0.5, 0.6) is 0 Å². The first kappa shape index (κ1) is 19.0. The van der Waals surface area contributed by atoms with E-state index in [1.807, 2.05) is 6.07 Å². The molecule has 0 bridgehead atoms. The molecule has 7 heteroatoms. The quantitative estimate of drug-likeness (QED) is 0.693. The lowest BCUT2D eigenvalue weighted by Gasteiger charge is -2.29. The van der Waals surface area contributed by atoms with Gasteiger partial charge in [-0.1, -0.05) is 11.6 Å². The standard InChI is InChI=1S/C19H25ClN4O2/c1-19(2,26)17-8-7-15(23-24-17)14-10-21-18(20)9-16(14)22-13-5-3-12(11-25)4-6-13/h7-10,12-13,25-26H,3-6,11H2,1-2H3,(H,21,22). The van der Waals surface area contributed by atoms with E-state index in [2.05, 4.69) is 20.5 Å². The van der Waals surface area contributed by atoms with Crippen LogP contribution >= 0.6 is 11.6 Å². The Kier molecular flexibility index (Phi) is 5.75. The van der Waals surface area contributed by atoms with Crippen molar-refractivity contribution in [2.45, 2.75) is 51.2 Å². The van der Waals surface area contributed by atoms with Crippen molar-refractivity contribution in [3.05, 3.63) is 35.2 Å². The Bertz CT molecular complexity index is 738.